The van der Waals surface area contributed by atoms with Gasteiger partial charge in [-0.15, -0.1) is 0 Å². The first-order chi connectivity index (χ1) is 18.7. The molecule has 0 aliphatic carbocycles. The van der Waals surface area contributed by atoms with E-state index < -0.39 is 23.8 Å². The molecule has 2 aromatic carbocycles. The van der Waals surface area contributed by atoms with Gasteiger partial charge in [-0.1, -0.05) is 30.3 Å². The Morgan fingerprint density at radius 1 is 0.974 bits per heavy atom. The van der Waals surface area contributed by atoms with Gasteiger partial charge in [0.15, 0.2) is 0 Å². The van der Waals surface area contributed by atoms with Gasteiger partial charge in [0.2, 0.25) is 11.8 Å². The number of urea groups is 1. The zero-order chi connectivity index (χ0) is 28.2. The molecule has 0 spiro atoms. The summed E-state index contributed by atoms with van der Waals surface area (Å²) in [5.74, 6) is -1.49. The van der Waals surface area contributed by atoms with E-state index in [0.717, 1.165) is 5.56 Å². The highest BCUT2D eigenvalue weighted by Crippen LogP contribution is 2.26. The molecule has 0 saturated carbocycles. The van der Waals surface area contributed by atoms with Gasteiger partial charge < -0.3 is 30.7 Å². The van der Waals surface area contributed by atoms with Gasteiger partial charge in [-0.25, -0.2) is 4.79 Å². The maximum atomic E-state index is 12.7. The fourth-order valence-electron chi connectivity index (χ4n) is 3.68. The second-order valence-corrected chi connectivity index (χ2v) is 8.66. The number of nitrogens with zero attached hydrogens (tertiary/aromatic N) is 2. The molecule has 0 fully saturated rings. The molecule has 1 aromatic heterocycles. The minimum atomic E-state index is -1.03. The van der Waals surface area contributed by atoms with Crippen LogP contribution in [0, 0.1) is 6.92 Å². The Labute approximate surface area is 226 Å². The minimum Gasteiger partial charge on any atom is -0.495 e. The minimum absolute atomic E-state index is 0.0102. The summed E-state index contributed by atoms with van der Waals surface area (Å²) < 4.78 is 5.39. The third kappa shape index (κ3) is 9.15. The van der Waals surface area contributed by atoms with Crippen molar-refractivity contribution in [1.29, 1.82) is 0 Å². The Morgan fingerprint density at radius 3 is 2.41 bits per heavy atom. The summed E-state index contributed by atoms with van der Waals surface area (Å²) in [4.78, 5) is 54.3. The number of hydrogen-bond acceptors (Lipinski definition) is 6. The van der Waals surface area contributed by atoms with Crippen LogP contribution in [0.15, 0.2) is 66.9 Å². The highest BCUT2D eigenvalue weighted by atomic mass is 16.5. The molecular formula is C28H31N5O6. The van der Waals surface area contributed by atoms with E-state index in [1.807, 2.05) is 25.1 Å². The van der Waals surface area contributed by atoms with Crippen LogP contribution < -0.4 is 20.7 Å². The van der Waals surface area contributed by atoms with Crippen molar-refractivity contribution in [1.82, 2.24) is 15.2 Å². The largest absolute Gasteiger partial charge is 0.495 e. The van der Waals surface area contributed by atoms with Crippen molar-refractivity contribution >= 4 is 35.2 Å². The number of rotatable bonds is 12. The van der Waals surface area contributed by atoms with Gasteiger partial charge in [0.05, 0.1) is 44.4 Å². The maximum absolute atomic E-state index is 12.7. The quantitative estimate of drug-likeness (QED) is 0.279. The lowest BCUT2D eigenvalue weighted by Crippen LogP contribution is -2.41. The molecule has 204 valence electrons. The second-order valence-electron chi connectivity index (χ2n) is 8.66. The summed E-state index contributed by atoms with van der Waals surface area (Å²) in [6.07, 6.45) is 1.33. The number of hydrogen-bond donors (Lipinski definition) is 4. The Hall–Kier alpha value is -4.93. The van der Waals surface area contributed by atoms with Gasteiger partial charge >= 0.3 is 12.0 Å². The molecule has 0 saturated heterocycles. The van der Waals surface area contributed by atoms with Crippen molar-refractivity contribution in [2.24, 2.45) is 0 Å². The molecule has 0 aliphatic rings. The second kappa shape index (κ2) is 14.1. The number of benzene rings is 2. The van der Waals surface area contributed by atoms with Gasteiger partial charge in [0.25, 0.3) is 0 Å². The van der Waals surface area contributed by atoms with Crippen molar-refractivity contribution in [3.8, 4) is 5.75 Å². The van der Waals surface area contributed by atoms with Gasteiger partial charge in [-0.3, -0.25) is 19.4 Å². The van der Waals surface area contributed by atoms with E-state index in [4.69, 9.17) is 9.84 Å². The average molecular weight is 534 g/mol. The van der Waals surface area contributed by atoms with E-state index >= 15 is 0 Å². The molecule has 3 rings (SSSR count). The number of aliphatic carboxylic acids is 1. The van der Waals surface area contributed by atoms with Gasteiger partial charge in [-0.05, 0) is 48.4 Å². The lowest BCUT2D eigenvalue weighted by Gasteiger charge is -2.22. The number of anilines is 2. The summed E-state index contributed by atoms with van der Waals surface area (Å²) in [5, 5.41) is 17.1. The summed E-state index contributed by atoms with van der Waals surface area (Å²) in [6, 6.07) is 17.1. The molecule has 0 unspecified atom stereocenters. The van der Waals surface area contributed by atoms with Crippen LogP contribution in [-0.2, 0) is 27.3 Å². The molecule has 4 N–H and O–H groups in total. The molecule has 1 heterocycles. The van der Waals surface area contributed by atoms with Crippen LogP contribution in [0.5, 0.6) is 5.75 Å². The van der Waals surface area contributed by atoms with Crippen molar-refractivity contribution in [3.05, 3.63) is 83.7 Å². The summed E-state index contributed by atoms with van der Waals surface area (Å²) in [5.41, 5.74) is 3.24. The summed E-state index contributed by atoms with van der Waals surface area (Å²) in [7, 11) is 1.45. The number of amides is 4. The average Bonchev–Trinajstić information content (AvgIpc) is 2.92. The fraction of sp³-hybridized carbons (Fsp3) is 0.250. The van der Waals surface area contributed by atoms with E-state index in [2.05, 4.69) is 20.9 Å². The van der Waals surface area contributed by atoms with Gasteiger partial charge in [0.1, 0.15) is 5.75 Å². The number of carboxylic acid groups (broad SMARTS) is 1. The zero-order valence-electron chi connectivity index (χ0n) is 21.8. The fourth-order valence-corrected chi connectivity index (χ4v) is 3.68. The molecule has 0 radical (unpaired) electrons. The van der Waals surface area contributed by atoms with Crippen LogP contribution in [0.25, 0.3) is 0 Å². The molecule has 11 nitrogen and oxygen atoms in total. The number of para-hydroxylation sites is 1. The standard InChI is InChI=1S/C28H31N5O6/c1-19-7-3-4-9-22(19)31-28(38)32-23-11-10-20(15-24(23)39-2)16-25(34)30-17-26(35)33(14-12-27(36)37)18-21-8-5-6-13-29-21/h3-11,13,15H,12,14,16-18H2,1-2H3,(H,30,34)(H,36,37)(H2,31,32,38). The maximum Gasteiger partial charge on any atom is 0.323 e. The topological polar surface area (TPSA) is 150 Å². The Kier molecular flexibility index (Phi) is 10.4. The van der Waals surface area contributed by atoms with Gasteiger partial charge in [-0.2, -0.15) is 0 Å². The monoisotopic (exact) mass is 533 g/mol. The highest BCUT2D eigenvalue weighted by molar-refractivity contribution is 6.01. The lowest BCUT2D eigenvalue weighted by molar-refractivity contribution is -0.139. The number of aromatic nitrogens is 1. The first-order valence-electron chi connectivity index (χ1n) is 12.2. The molecule has 11 heteroatoms. The Bertz CT molecular complexity index is 1310. The smallest absolute Gasteiger partial charge is 0.323 e. The van der Waals surface area contributed by atoms with Crippen molar-refractivity contribution < 1.29 is 29.0 Å². The van der Waals surface area contributed by atoms with Crippen molar-refractivity contribution in [2.75, 3.05) is 30.8 Å². The molecule has 4 amide bonds. The Balaban J connectivity index is 1.56. The normalized spacial score (nSPS) is 10.3. The van der Waals surface area contributed by atoms with Crippen LogP contribution in [0.2, 0.25) is 0 Å². The van der Waals surface area contributed by atoms with Crippen LogP contribution in [0.3, 0.4) is 0 Å². The number of ether oxygens (including phenoxy) is 1. The van der Waals surface area contributed by atoms with E-state index in [9.17, 15) is 19.2 Å². The predicted molar refractivity (Wildman–Crippen MR) is 145 cm³/mol. The van der Waals surface area contributed by atoms with Crippen molar-refractivity contribution in [3.63, 3.8) is 0 Å². The Morgan fingerprint density at radius 2 is 1.72 bits per heavy atom. The van der Waals surface area contributed by atoms with Crippen molar-refractivity contribution in [2.45, 2.75) is 26.3 Å². The number of carboxylic acids is 1. The summed E-state index contributed by atoms with van der Waals surface area (Å²) in [6.45, 7) is 1.72. The molecule has 39 heavy (non-hydrogen) atoms. The van der Waals surface area contributed by atoms with E-state index in [-0.39, 0.29) is 32.5 Å². The number of carbonyl (C=O) groups excluding carboxylic acids is 3. The SMILES string of the molecule is COc1cc(CC(=O)NCC(=O)N(CCC(=O)O)Cc2ccccn2)ccc1NC(=O)Nc1ccccc1C. The molecular weight excluding hydrogens is 502 g/mol. The first kappa shape index (κ1) is 28.6. The highest BCUT2D eigenvalue weighted by Gasteiger charge is 2.17. The van der Waals surface area contributed by atoms with E-state index in [1.165, 1.54) is 12.0 Å². The van der Waals surface area contributed by atoms with Crippen LogP contribution in [-0.4, -0.2) is 59.0 Å². The van der Waals surface area contributed by atoms with Crippen LogP contribution in [0.4, 0.5) is 16.2 Å². The lowest BCUT2D eigenvalue weighted by atomic mass is 10.1. The van der Waals surface area contributed by atoms with Crippen LogP contribution in [0.1, 0.15) is 23.2 Å². The number of methoxy groups -OCH3 is 1. The van der Waals surface area contributed by atoms with Crippen LogP contribution >= 0.6 is 0 Å². The molecule has 0 atom stereocenters. The molecule has 3 aromatic rings. The van der Waals surface area contributed by atoms with E-state index in [1.54, 1.807) is 48.7 Å². The predicted octanol–water partition coefficient (Wildman–Crippen LogP) is 3.20. The third-order valence-corrected chi connectivity index (χ3v) is 5.74. The first-order valence-corrected chi connectivity index (χ1v) is 12.2. The summed E-state index contributed by atoms with van der Waals surface area (Å²) >= 11 is 0. The molecule has 0 aliphatic heterocycles. The number of aryl methyl sites for hydroxylation is 1. The third-order valence-electron chi connectivity index (χ3n) is 5.74. The van der Waals surface area contributed by atoms with E-state index in [0.29, 0.717) is 28.4 Å². The molecule has 0 bridgehead atoms. The zero-order valence-corrected chi connectivity index (χ0v) is 21.8. The number of carbonyl (C=O) groups is 4. The number of nitrogens with one attached hydrogen (secondary N) is 3. The van der Waals surface area contributed by atoms with Gasteiger partial charge in [0, 0.05) is 18.4 Å². The number of pyridine rings is 1.